The Morgan fingerprint density at radius 2 is 2.05 bits per heavy atom. The van der Waals surface area contributed by atoms with Crippen LogP contribution in [-0.2, 0) is 10.0 Å². The Balaban J connectivity index is 3.00. The van der Waals surface area contributed by atoms with Gasteiger partial charge in [-0.15, -0.1) is 0 Å². The number of hydrogen-bond donors (Lipinski definition) is 1. The third kappa shape index (κ3) is 4.78. The Morgan fingerprint density at radius 1 is 1.37 bits per heavy atom. The smallest absolute Gasteiger partial charge is 0.240 e. The molecule has 0 amide bonds. The van der Waals surface area contributed by atoms with Crippen LogP contribution < -0.4 is 9.46 Å². The topological polar surface area (TPSA) is 55.4 Å². The average Bonchev–Trinajstić information content (AvgIpc) is 2.36. The molecule has 0 saturated carbocycles. The number of nitrogens with one attached hydrogen (secondary N) is 1. The summed E-state index contributed by atoms with van der Waals surface area (Å²) in [5, 5.41) is 0. The van der Waals surface area contributed by atoms with Crippen LogP contribution in [0.3, 0.4) is 0 Å². The molecule has 0 radical (unpaired) electrons. The van der Waals surface area contributed by atoms with Crippen molar-refractivity contribution >= 4 is 26.0 Å². The molecule has 0 unspecified atom stereocenters. The molecule has 0 heterocycles. The second-order valence-corrected chi connectivity index (χ2v) is 6.94. The van der Waals surface area contributed by atoms with E-state index in [2.05, 4.69) is 20.7 Å². The first-order chi connectivity index (χ1) is 8.90. The number of sulfonamides is 1. The fraction of sp³-hybridized carbons (Fsp3) is 0.538. The Morgan fingerprint density at radius 3 is 2.63 bits per heavy atom. The molecule has 1 aromatic rings. The van der Waals surface area contributed by atoms with E-state index in [1.54, 1.807) is 18.2 Å². The van der Waals surface area contributed by atoms with Crippen LogP contribution in [0, 0.1) is 0 Å². The van der Waals surface area contributed by atoms with Crippen molar-refractivity contribution < 1.29 is 13.2 Å². The minimum Gasteiger partial charge on any atom is -0.492 e. The summed E-state index contributed by atoms with van der Waals surface area (Å²) in [7, 11) is -3.49. The lowest BCUT2D eigenvalue weighted by atomic mass is 10.3. The first kappa shape index (κ1) is 16.5. The van der Waals surface area contributed by atoms with Crippen molar-refractivity contribution in [2.24, 2.45) is 0 Å². The van der Waals surface area contributed by atoms with Gasteiger partial charge in [-0.25, -0.2) is 13.1 Å². The minimum atomic E-state index is -3.49. The second kappa shape index (κ2) is 7.26. The summed E-state index contributed by atoms with van der Waals surface area (Å²) in [6.07, 6.45) is 1.61. The fourth-order valence-corrected chi connectivity index (χ4v) is 3.09. The van der Waals surface area contributed by atoms with Crippen molar-refractivity contribution in [1.29, 1.82) is 0 Å². The minimum absolute atomic E-state index is 0.0892. The van der Waals surface area contributed by atoms with Crippen LogP contribution >= 0.6 is 15.9 Å². The van der Waals surface area contributed by atoms with E-state index in [4.69, 9.17) is 4.74 Å². The Bertz CT molecular complexity index is 517. The summed E-state index contributed by atoms with van der Waals surface area (Å²) in [5.41, 5.74) is 0. The molecular weight excluding hydrogens is 330 g/mol. The fourth-order valence-electron chi connectivity index (χ4n) is 1.39. The standard InChI is InChI=1S/C13H20BrNO3S/c1-4-8-18-13-9-11(6-7-12(13)14)19(16,17)15-10(3)5-2/h6-7,9-10,15H,4-5,8H2,1-3H3/t10-/m1/s1. The van der Waals surface area contributed by atoms with E-state index in [0.717, 1.165) is 17.3 Å². The molecule has 19 heavy (non-hydrogen) atoms. The van der Waals surface area contributed by atoms with Gasteiger partial charge in [0.05, 0.1) is 16.0 Å². The molecule has 1 atom stereocenters. The number of hydrogen-bond acceptors (Lipinski definition) is 3. The molecule has 1 N–H and O–H groups in total. The van der Waals surface area contributed by atoms with Crippen LogP contribution in [0.1, 0.15) is 33.6 Å². The van der Waals surface area contributed by atoms with Crippen LogP contribution in [0.25, 0.3) is 0 Å². The SMILES string of the molecule is CCCOc1cc(S(=O)(=O)N[C@H](C)CC)ccc1Br. The molecule has 0 aliphatic carbocycles. The molecule has 108 valence electrons. The van der Waals surface area contributed by atoms with Gasteiger partial charge in [-0.2, -0.15) is 0 Å². The van der Waals surface area contributed by atoms with E-state index >= 15 is 0 Å². The van der Waals surface area contributed by atoms with E-state index in [1.807, 2.05) is 20.8 Å². The lowest BCUT2D eigenvalue weighted by Gasteiger charge is -2.14. The molecular formula is C13H20BrNO3S. The van der Waals surface area contributed by atoms with Gasteiger partial charge in [-0.3, -0.25) is 0 Å². The third-order valence-corrected chi connectivity index (χ3v) is 4.89. The normalized spacial score (nSPS) is 13.3. The molecule has 0 aliphatic heterocycles. The predicted octanol–water partition coefficient (Wildman–Crippen LogP) is 3.31. The first-order valence-corrected chi connectivity index (χ1v) is 8.63. The maximum Gasteiger partial charge on any atom is 0.240 e. The van der Waals surface area contributed by atoms with Crippen molar-refractivity contribution in [3.05, 3.63) is 22.7 Å². The van der Waals surface area contributed by atoms with Gasteiger partial charge < -0.3 is 4.74 Å². The van der Waals surface area contributed by atoms with Gasteiger partial charge in [-0.05, 0) is 47.8 Å². The molecule has 6 heteroatoms. The van der Waals surface area contributed by atoms with Gasteiger partial charge in [0.15, 0.2) is 0 Å². The highest BCUT2D eigenvalue weighted by Crippen LogP contribution is 2.28. The van der Waals surface area contributed by atoms with Crippen LogP contribution in [0.2, 0.25) is 0 Å². The zero-order valence-electron chi connectivity index (χ0n) is 11.4. The van der Waals surface area contributed by atoms with E-state index in [9.17, 15) is 8.42 Å². The van der Waals surface area contributed by atoms with Gasteiger partial charge in [0.25, 0.3) is 0 Å². The summed E-state index contributed by atoms with van der Waals surface area (Å²) in [6.45, 7) is 6.33. The Labute approximate surface area is 123 Å². The summed E-state index contributed by atoms with van der Waals surface area (Å²) in [6, 6.07) is 4.71. The van der Waals surface area contributed by atoms with Gasteiger partial charge in [0.1, 0.15) is 5.75 Å². The van der Waals surface area contributed by atoms with E-state index in [0.29, 0.717) is 12.4 Å². The van der Waals surface area contributed by atoms with E-state index in [1.165, 1.54) is 0 Å². The molecule has 0 aliphatic rings. The second-order valence-electron chi connectivity index (χ2n) is 4.37. The monoisotopic (exact) mass is 349 g/mol. The molecule has 1 aromatic carbocycles. The summed E-state index contributed by atoms with van der Waals surface area (Å²) < 4.78 is 33.2. The zero-order valence-corrected chi connectivity index (χ0v) is 13.8. The molecule has 4 nitrogen and oxygen atoms in total. The summed E-state index contributed by atoms with van der Waals surface area (Å²) >= 11 is 3.35. The molecule has 1 rings (SSSR count). The Kier molecular flexibility index (Phi) is 6.29. The lowest BCUT2D eigenvalue weighted by Crippen LogP contribution is -2.32. The van der Waals surface area contributed by atoms with Gasteiger partial charge in [-0.1, -0.05) is 13.8 Å². The zero-order chi connectivity index (χ0) is 14.5. The quantitative estimate of drug-likeness (QED) is 0.821. The maximum atomic E-state index is 12.2. The van der Waals surface area contributed by atoms with Crippen LogP contribution in [0.5, 0.6) is 5.75 Å². The van der Waals surface area contributed by atoms with Gasteiger partial charge in [0.2, 0.25) is 10.0 Å². The largest absolute Gasteiger partial charge is 0.492 e. The number of ether oxygens (including phenoxy) is 1. The van der Waals surface area contributed by atoms with Crippen molar-refractivity contribution in [2.75, 3.05) is 6.61 Å². The van der Waals surface area contributed by atoms with Crippen LogP contribution in [0.4, 0.5) is 0 Å². The lowest BCUT2D eigenvalue weighted by molar-refractivity contribution is 0.314. The predicted molar refractivity (Wildman–Crippen MR) is 80.0 cm³/mol. The molecule has 0 aromatic heterocycles. The molecule has 0 bridgehead atoms. The average molecular weight is 350 g/mol. The first-order valence-electron chi connectivity index (χ1n) is 6.35. The number of rotatable bonds is 7. The highest BCUT2D eigenvalue weighted by atomic mass is 79.9. The van der Waals surface area contributed by atoms with Crippen molar-refractivity contribution in [2.45, 2.75) is 44.6 Å². The van der Waals surface area contributed by atoms with Crippen LogP contribution in [0.15, 0.2) is 27.6 Å². The van der Waals surface area contributed by atoms with Crippen molar-refractivity contribution in [1.82, 2.24) is 4.72 Å². The van der Waals surface area contributed by atoms with Crippen molar-refractivity contribution in [3.8, 4) is 5.75 Å². The van der Waals surface area contributed by atoms with Crippen LogP contribution in [-0.4, -0.2) is 21.1 Å². The van der Waals surface area contributed by atoms with E-state index in [-0.39, 0.29) is 10.9 Å². The summed E-state index contributed by atoms with van der Waals surface area (Å²) in [5.74, 6) is 0.550. The highest BCUT2D eigenvalue weighted by Gasteiger charge is 2.18. The highest BCUT2D eigenvalue weighted by molar-refractivity contribution is 9.10. The third-order valence-electron chi connectivity index (χ3n) is 2.64. The van der Waals surface area contributed by atoms with Gasteiger partial charge in [0, 0.05) is 12.1 Å². The number of halogens is 1. The Hall–Kier alpha value is -0.590. The molecule has 0 fully saturated rings. The number of benzene rings is 1. The van der Waals surface area contributed by atoms with Gasteiger partial charge >= 0.3 is 0 Å². The van der Waals surface area contributed by atoms with Crippen molar-refractivity contribution in [3.63, 3.8) is 0 Å². The molecule has 0 spiro atoms. The molecule has 0 saturated heterocycles. The summed E-state index contributed by atoms with van der Waals surface area (Å²) in [4.78, 5) is 0.224. The maximum absolute atomic E-state index is 12.2. The van der Waals surface area contributed by atoms with E-state index < -0.39 is 10.0 Å².